The van der Waals surface area contributed by atoms with Gasteiger partial charge in [0.25, 0.3) is 5.56 Å². The molecule has 0 radical (unpaired) electrons. The highest BCUT2D eigenvalue weighted by atomic mass is 35.5. The van der Waals surface area contributed by atoms with Gasteiger partial charge >= 0.3 is 11.9 Å². The number of alkyl halides is 3. The SMILES string of the molecule is CCCCn1c(=O)c2c(C(O)c3ccc(Cl)cc3)c(Oc3cncc(C(F)(F)F)c3)cnc2n(C)c1=O. The molecular formula is C25H22ClF3N4O4. The fourth-order valence-electron chi connectivity index (χ4n) is 3.89. The fourth-order valence-corrected chi connectivity index (χ4v) is 4.02. The van der Waals surface area contributed by atoms with Crippen molar-refractivity contribution in [2.75, 3.05) is 0 Å². The van der Waals surface area contributed by atoms with Crippen molar-refractivity contribution in [3.8, 4) is 11.5 Å². The van der Waals surface area contributed by atoms with Crippen molar-refractivity contribution in [2.45, 2.75) is 38.6 Å². The molecule has 4 rings (SSSR count). The minimum atomic E-state index is -4.66. The zero-order valence-electron chi connectivity index (χ0n) is 19.8. The predicted molar refractivity (Wildman–Crippen MR) is 131 cm³/mol. The van der Waals surface area contributed by atoms with Gasteiger partial charge in [-0.25, -0.2) is 9.78 Å². The predicted octanol–water partition coefficient (Wildman–Crippen LogP) is 4.84. The minimum absolute atomic E-state index is 0.0136. The molecule has 1 atom stereocenters. The fraction of sp³-hybridized carbons (Fsp3) is 0.280. The molecule has 0 aliphatic carbocycles. The molecule has 1 N–H and O–H groups in total. The van der Waals surface area contributed by atoms with E-state index in [0.29, 0.717) is 23.2 Å². The molecule has 4 aromatic rings. The highest BCUT2D eigenvalue weighted by molar-refractivity contribution is 6.30. The molecule has 0 bridgehead atoms. The molecule has 0 fully saturated rings. The quantitative estimate of drug-likeness (QED) is 0.364. The Morgan fingerprint density at radius 3 is 2.49 bits per heavy atom. The molecule has 0 amide bonds. The van der Waals surface area contributed by atoms with Gasteiger partial charge in [0.15, 0.2) is 5.75 Å². The van der Waals surface area contributed by atoms with E-state index in [2.05, 4.69) is 9.97 Å². The number of halogens is 4. The number of ether oxygens (including phenoxy) is 1. The summed E-state index contributed by atoms with van der Waals surface area (Å²) in [6, 6.07) is 6.89. The van der Waals surface area contributed by atoms with Crippen molar-refractivity contribution in [1.82, 2.24) is 19.1 Å². The maximum absolute atomic E-state index is 13.6. The summed E-state index contributed by atoms with van der Waals surface area (Å²) in [4.78, 5) is 34.2. The molecular weight excluding hydrogens is 513 g/mol. The highest BCUT2D eigenvalue weighted by Crippen LogP contribution is 2.37. The van der Waals surface area contributed by atoms with Crippen molar-refractivity contribution < 1.29 is 23.0 Å². The molecule has 0 saturated carbocycles. The van der Waals surface area contributed by atoms with Gasteiger partial charge in [-0.1, -0.05) is 37.1 Å². The zero-order chi connectivity index (χ0) is 26.9. The van der Waals surface area contributed by atoms with Gasteiger partial charge in [0.05, 0.1) is 23.3 Å². The number of unbranched alkanes of at least 4 members (excludes halogenated alkanes) is 1. The maximum Gasteiger partial charge on any atom is 0.418 e. The largest absolute Gasteiger partial charge is 0.454 e. The zero-order valence-corrected chi connectivity index (χ0v) is 20.5. The third-order valence-corrected chi connectivity index (χ3v) is 6.07. The molecule has 8 nitrogen and oxygen atoms in total. The molecule has 194 valence electrons. The lowest BCUT2D eigenvalue weighted by molar-refractivity contribution is -0.137. The number of benzene rings is 1. The summed E-state index contributed by atoms with van der Waals surface area (Å²) < 4.78 is 47.6. The van der Waals surface area contributed by atoms with Crippen LogP contribution in [0.1, 0.15) is 42.6 Å². The second kappa shape index (κ2) is 10.3. The monoisotopic (exact) mass is 534 g/mol. The van der Waals surface area contributed by atoms with E-state index in [0.717, 1.165) is 29.4 Å². The van der Waals surface area contributed by atoms with Gasteiger partial charge in [0, 0.05) is 30.4 Å². The molecule has 3 aromatic heterocycles. The van der Waals surface area contributed by atoms with Crippen LogP contribution < -0.4 is 16.0 Å². The molecule has 0 spiro atoms. The Bertz CT molecular complexity index is 1570. The number of hydrogen-bond donors (Lipinski definition) is 1. The van der Waals surface area contributed by atoms with Crippen LogP contribution in [0.4, 0.5) is 13.2 Å². The van der Waals surface area contributed by atoms with Crippen molar-refractivity contribution in [1.29, 1.82) is 0 Å². The summed E-state index contributed by atoms with van der Waals surface area (Å²) in [6.45, 7) is 2.04. The van der Waals surface area contributed by atoms with Gasteiger partial charge in [0.1, 0.15) is 17.5 Å². The Morgan fingerprint density at radius 1 is 1.14 bits per heavy atom. The average Bonchev–Trinajstić information content (AvgIpc) is 2.87. The van der Waals surface area contributed by atoms with Crippen molar-refractivity contribution in [2.24, 2.45) is 7.05 Å². The number of fused-ring (bicyclic) bond motifs is 1. The van der Waals surface area contributed by atoms with Crippen molar-refractivity contribution >= 4 is 22.6 Å². The molecule has 0 aliphatic heterocycles. The number of pyridine rings is 2. The summed E-state index contributed by atoms with van der Waals surface area (Å²) in [7, 11) is 1.44. The smallest absolute Gasteiger partial charge is 0.418 e. The van der Waals surface area contributed by atoms with Gasteiger partial charge in [0.2, 0.25) is 0 Å². The third-order valence-electron chi connectivity index (χ3n) is 5.82. The van der Waals surface area contributed by atoms with Crippen LogP contribution in [0, 0.1) is 0 Å². The van der Waals surface area contributed by atoms with E-state index in [1.54, 1.807) is 0 Å². The van der Waals surface area contributed by atoms with Crippen LogP contribution in [0.5, 0.6) is 11.5 Å². The molecule has 1 aromatic carbocycles. The number of nitrogens with zero attached hydrogens (tertiary/aromatic N) is 4. The first-order chi connectivity index (χ1) is 17.5. The Morgan fingerprint density at radius 2 is 1.84 bits per heavy atom. The summed E-state index contributed by atoms with van der Waals surface area (Å²) in [6.07, 6.45) is -2.00. The number of aryl methyl sites for hydroxylation is 1. The van der Waals surface area contributed by atoms with Gasteiger partial charge in [-0.05, 0) is 30.2 Å². The van der Waals surface area contributed by atoms with E-state index in [1.807, 2.05) is 6.92 Å². The first-order valence-electron chi connectivity index (χ1n) is 11.3. The minimum Gasteiger partial charge on any atom is -0.454 e. The topological polar surface area (TPSA) is 99.2 Å². The van der Waals surface area contributed by atoms with Crippen LogP contribution in [-0.2, 0) is 19.8 Å². The van der Waals surface area contributed by atoms with Gasteiger partial charge < -0.3 is 9.84 Å². The van der Waals surface area contributed by atoms with Crippen LogP contribution in [0.3, 0.4) is 0 Å². The summed E-state index contributed by atoms with van der Waals surface area (Å²) in [5.74, 6) is -0.453. The normalized spacial score (nSPS) is 12.6. The van der Waals surface area contributed by atoms with E-state index in [-0.39, 0.29) is 34.6 Å². The van der Waals surface area contributed by atoms with Crippen LogP contribution in [-0.4, -0.2) is 24.2 Å². The second-order valence-corrected chi connectivity index (χ2v) is 8.79. The number of aliphatic hydroxyl groups excluding tert-OH is 1. The number of hydrogen-bond acceptors (Lipinski definition) is 6. The van der Waals surface area contributed by atoms with Crippen LogP contribution in [0.25, 0.3) is 11.0 Å². The molecule has 1 unspecified atom stereocenters. The van der Waals surface area contributed by atoms with Crippen LogP contribution >= 0.6 is 11.6 Å². The summed E-state index contributed by atoms with van der Waals surface area (Å²) in [5.41, 5.74) is -2.06. The maximum atomic E-state index is 13.6. The lowest BCUT2D eigenvalue weighted by Gasteiger charge is -2.20. The summed E-state index contributed by atoms with van der Waals surface area (Å²) >= 11 is 5.97. The average molecular weight is 535 g/mol. The lowest BCUT2D eigenvalue weighted by Crippen LogP contribution is -2.40. The van der Waals surface area contributed by atoms with E-state index in [4.69, 9.17) is 16.3 Å². The van der Waals surface area contributed by atoms with Crippen LogP contribution in [0.2, 0.25) is 5.02 Å². The standard InChI is InChI=1S/C25H22ClF3N4O4/c1-3-4-9-33-23(35)20-19(21(34)14-5-7-16(26)8-6-14)18(13-31-22(20)32(2)24(33)36)37-17-10-15(11-30-12-17)25(27,28)29/h5-8,10-13,21,34H,3-4,9H2,1-2H3. The van der Waals surface area contributed by atoms with E-state index in [9.17, 15) is 27.9 Å². The molecule has 0 saturated heterocycles. The molecule has 12 heteroatoms. The van der Waals surface area contributed by atoms with Crippen molar-refractivity contribution in [3.63, 3.8) is 0 Å². The van der Waals surface area contributed by atoms with Gasteiger partial charge in [-0.15, -0.1) is 0 Å². The third kappa shape index (κ3) is 5.23. The Kier molecular flexibility index (Phi) is 7.37. The molecule has 0 aliphatic rings. The first kappa shape index (κ1) is 26.4. The van der Waals surface area contributed by atoms with E-state index in [1.165, 1.54) is 35.9 Å². The van der Waals surface area contributed by atoms with Gasteiger partial charge in [-0.2, -0.15) is 13.2 Å². The molecule has 3 heterocycles. The van der Waals surface area contributed by atoms with E-state index >= 15 is 0 Å². The Hall–Kier alpha value is -3.70. The van der Waals surface area contributed by atoms with E-state index < -0.39 is 29.1 Å². The Labute approximate surface area is 213 Å². The number of aliphatic hydroxyl groups is 1. The second-order valence-electron chi connectivity index (χ2n) is 8.35. The Balaban J connectivity index is 2.00. The number of rotatable bonds is 7. The molecule has 37 heavy (non-hydrogen) atoms. The highest BCUT2D eigenvalue weighted by Gasteiger charge is 2.32. The van der Waals surface area contributed by atoms with Crippen LogP contribution in [0.15, 0.2) is 58.5 Å². The summed E-state index contributed by atoms with van der Waals surface area (Å²) in [5, 5.41) is 11.7. The first-order valence-corrected chi connectivity index (χ1v) is 11.7. The number of aromatic nitrogens is 4. The van der Waals surface area contributed by atoms with Gasteiger partial charge in [-0.3, -0.25) is 18.9 Å². The lowest BCUT2D eigenvalue weighted by atomic mass is 9.98. The van der Waals surface area contributed by atoms with Crippen molar-refractivity contribution in [3.05, 3.63) is 91.5 Å².